The van der Waals surface area contributed by atoms with Crippen LogP contribution in [-0.4, -0.2) is 30.9 Å². The number of aliphatic imine (C=N–C) groups is 1. The topological polar surface area (TPSA) is 77.4 Å². The van der Waals surface area contributed by atoms with Crippen LogP contribution < -0.4 is 19.1 Å². The highest BCUT2D eigenvalue weighted by Crippen LogP contribution is 2.54. The lowest BCUT2D eigenvalue weighted by Crippen LogP contribution is -2.61. The van der Waals surface area contributed by atoms with Crippen LogP contribution in [0.1, 0.15) is 40.1 Å². The number of carbonyl (C=O) groups is 2. The van der Waals surface area contributed by atoms with E-state index < -0.39 is 17.7 Å². The van der Waals surface area contributed by atoms with Crippen LogP contribution >= 0.6 is 0 Å². The first-order chi connectivity index (χ1) is 23.7. The molecule has 0 N–H and O–H groups in total. The lowest BCUT2D eigenvalue weighted by molar-refractivity contribution is 0.0720. The Morgan fingerprint density at radius 3 is 2.02 bits per heavy atom. The summed E-state index contributed by atoms with van der Waals surface area (Å²) in [6, 6.07) is 41.1. The van der Waals surface area contributed by atoms with E-state index in [0.717, 1.165) is 22.2 Å². The maximum atomic E-state index is 13.4. The monoisotopic (exact) mass is 644 g/mol. The summed E-state index contributed by atoms with van der Waals surface area (Å²) in [5, 5.41) is 1.49. The number of carbonyl (C=O) groups excluding carboxylic acids is 2. The molecule has 240 valence electrons. The molecule has 6 aromatic rings. The number of para-hydroxylation sites is 1. The van der Waals surface area contributed by atoms with Crippen molar-refractivity contribution in [3.05, 3.63) is 150 Å². The van der Waals surface area contributed by atoms with Gasteiger partial charge in [-0.15, -0.1) is 0 Å². The van der Waals surface area contributed by atoms with Crippen LogP contribution in [0.25, 0.3) is 21.9 Å². The molecule has 1 spiro atoms. The van der Waals surface area contributed by atoms with E-state index in [4.69, 9.17) is 19.2 Å². The van der Waals surface area contributed by atoms with Gasteiger partial charge in [-0.3, -0.25) is 4.99 Å². The van der Waals surface area contributed by atoms with Gasteiger partial charge in [0.2, 0.25) is 5.72 Å². The molecule has 0 radical (unpaired) electrons. The first-order valence-electron chi connectivity index (χ1n) is 16.1. The second-order valence-electron chi connectivity index (χ2n) is 12.8. The van der Waals surface area contributed by atoms with Crippen molar-refractivity contribution in [3.8, 4) is 28.4 Å². The van der Waals surface area contributed by atoms with E-state index in [-0.39, 0.29) is 5.41 Å². The van der Waals surface area contributed by atoms with Crippen LogP contribution in [0.4, 0.5) is 11.4 Å². The van der Waals surface area contributed by atoms with Gasteiger partial charge in [0.05, 0.1) is 22.8 Å². The van der Waals surface area contributed by atoms with Crippen LogP contribution in [-0.2, 0) is 5.41 Å². The molecule has 0 bridgehead atoms. The molecule has 49 heavy (non-hydrogen) atoms. The predicted molar refractivity (Wildman–Crippen MR) is 192 cm³/mol. The van der Waals surface area contributed by atoms with Crippen molar-refractivity contribution in [1.29, 1.82) is 0 Å². The van der Waals surface area contributed by atoms with Gasteiger partial charge in [0.1, 0.15) is 22.9 Å². The molecule has 1 unspecified atom stereocenters. The van der Waals surface area contributed by atoms with Gasteiger partial charge in [-0.05, 0) is 96.6 Å². The third-order valence-electron chi connectivity index (χ3n) is 9.66. The standard InChI is InChI=1S/C42H32N2O5/c1-41(2)35-14-7-8-15-36(35)44(3)42(41)26-43-38-33-12-9-13-34(32(33)24-25-37(38)49-42)40(46)48-31-22-20-30(21-23-31)47-39(45)29-18-16-28(17-19-29)27-10-5-4-6-11-27/h4-26H,1-3H3. The summed E-state index contributed by atoms with van der Waals surface area (Å²) < 4.78 is 18.1. The summed E-state index contributed by atoms with van der Waals surface area (Å²) in [6.45, 7) is 4.34. The summed E-state index contributed by atoms with van der Waals surface area (Å²) >= 11 is 0. The maximum Gasteiger partial charge on any atom is 0.344 e. The average molecular weight is 645 g/mol. The lowest BCUT2D eigenvalue weighted by atomic mass is 9.77. The number of anilines is 1. The molecular weight excluding hydrogens is 612 g/mol. The van der Waals surface area contributed by atoms with Gasteiger partial charge in [-0.25, -0.2) is 9.59 Å². The Bertz CT molecular complexity index is 2280. The third-order valence-corrected chi connectivity index (χ3v) is 9.66. The lowest BCUT2D eigenvalue weighted by Gasteiger charge is -2.45. The van der Waals surface area contributed by atoms with E-state index in [2.05, 4.69) is 30.9 Å². The van der Waals surface area contributed by atoms with Gasteiger partial charge in [-0.2, -0.15) is 0 Å². The van der Waals surface area contributed by atoms with Crippen molar-refractivity contribution in [2.45, 2.75) is 25.0 Å². The van der Waals surface area contributed by atoms with E-state index in [0.29, 0.717) is 39.4 Å². The van der Waals surface area contributed by atoms with Crippen LogP contribution in [0, 0.1) is 0 Å². The summed E-state index contributed by atoms with van der Waals surface area (Å²) in [6.07, 6.45) is 1.88. The highest BCUT2D eigenvalue weighted by Gasteiger charge is 2.58. The molecule has 6 aromatic carbocycles. The van der Waals surface area contributed by atoms with Gasteiger partial charge < -0.3 is 19.1 Å². The highest BCUT2D eigenvalue weighted by atomic mass is 16.5. The summed E-state index contributed by atoms with van der Waals surface area (Å²) in [7, 11) is 2.03. The Hall–Kier alpha value is -6.21. The molecule has 1 atom stereocenters. The molecule has 2 heterocycles. The van der Waals surface area contributed by atoms with E-state index in [1.165, 1.54) is 5.56 Å². The Morgan fingerprint density at radius 2 is 1.31 bits per heavy atom. The minimum Gasteiger partial charge on any atom is -0.459 e. The number of hydrogen-bond donors (Lipinski definition) is 0. The van der Waals surface area contributed by atoms with Crippen LogP contribution in [0.2, 0.25) is 0 Å². The predicted octanol–water partition coefficient (Wildman–Crippen LogP) is 9.16. The summed E-state index contributed by atoms with van der Waals surface area (Å²) in [4.78, 5) is 33.3. The molecular formula is C42H32N2O5. The minimum absolute atomic E-state index is 0.321. The van der Waals surface area contributed by atoms with Gasteiger partial charge in [0.25, 0.3) is 0 Å². The number of benzene rings is 6. The van der Waals surface area contributed by atoms with Crippen molar-refractivity contribution in [2.24, 2.45) is 4.99 Å². The second kappa shape index (κ2) is 11.5. The number of rotatable bonds is 5. The Kier molecular flexibility index (Phi) is 7.07. The molecule has 7 nitrogen and oxygen atoms in total. The van der Waals surface area contributed by atoms with Crippen LogP contribution in [0.5, 0.6) is 17.2 Å². The molecule has 0 aromatic heterocycles. The number of hydrogen-bond acceptors (Lipinski definition) is 7. The molecule has 0 fully saturated rings. The first kappa shape index (κ1) is 30.1. The number of likely N-dealkylation sites (N-methyl/N-ethyl adjacent to an activating group) is 1. The van der Waals surface area contributed by atoms with Crippen molar-refractivity contribution in [2.75, 3.05) is 11.9 Å². The molecule has 2 aliphatic rings. The third kappa shape index (κ3) is 4.93. The Labute approximate surface area is 284 Å². The zero-order valence-corrected chi connectivity index (χ0v) is 27.2. The zero-order valence-electron chi connectivity index (χ0n) is 27.2. The fourth-order valence-corrected chi connectivity index (χ4v) is 6.92. The molecule has 2 aliphatic heterocycles. The van der Waals surface area contributed by atoms with E-state index >= 15 is 0 Å². The van der Waals surface area contributed by atoms with Crippen LogP contribution in [0.3, 0.4) is 0 Å². The van der Waals surface area contributed by atoms with Crippen molar-refractivity contribution < 1.29 is 23.8 Å². The molecule has 7 heteroatoms. The van der Waals surface area contributed by atoms with Gasteiger partial charge >= 0.3 is 11.9 Å². The van der Waals surface area contributed by atoms with Gasteiger partial charge in [0, 0.05) is 18.1 Å². The van der Waals surface area contributed by atoms with E-state index in [1.54, 1.807) is 42.5 Å². The molecule has 0 amide bonds. The van der Waals surface area contributed by atoms with Crippen molar-refractivity contribution in [1.82, 2.24) is 0 Å². The maximum absolute atomic E-state index is 13.4. The normalized spacial score (nSPS) is 16.9. The molecule has 0 saturated heterocycles. The zero-order chi connectivity index (χ0) is 33.8. The quantitative estimate of drug-likeness (QED) is 0.138. The van der Waals surface area contributed by atoms with E-state index in [1.807, 2.05) is 92.1 Å². The number of fused-ring (bicyclic) bond motifs is 4. The first-order valence-corrected chi connectivity index (χ1v) is 16.1. The van der Waals surface area contributed by atoms with E-state index in [9.17, 15) is 9.59 Å². The smallest absolute Gasteiger partial charge is 0.344 e. The number of esters is 2. The Balaban J connectivity index is 0.982. The highest BCUT2D eigenvalue weighted by molar-refractivity contribution is 6.10. The Morgan fingerprint density at radius 1 is 0.653 bits per heavy atom. The largest absolute Gasteiger partial charge is 0.459 e. The minimum atomic E-state index is -0.804. The average Bonchev–Trinajstić information content (AvgIpc) is 3.29. The second-order valence-corrected chi connectivity index (χ2v) is 12.8. The van der Waals surface area contributed by atoms with Gasteiger partial charge in [0.15, 0.2) is 0 Å². The van der Waals surface area contributed by atoms with Crippen LogP contribution in [0.15, 0.2) is 138 Å². The SMILES string of the molecule is CN1c2ccccc2C(C)(C)C12C=Nc1c(ccc3c(C(=O)Oc4ccc(OC(=O)c5ccc(-c6ccccc6)cc5)cc4)cccc13)O2. The molecule has 0 aliphatic carbocycles. The van der Waals surface area contributed by atoms with Gasteiger partial charge in [-0.1, -0.05) is 72.8 Å². The molecule has 8 rings (SSSR count). The fraction of sp³-hybridized carbons (Fsp3) is 0.119. The van der Waals surface area contributed by atoms with Crippen molar-refractivity contribution in [3.63, 3.8) is 0 Å². The molecule has 0 saturated carbocycles. The number of ether oxygens (including phenoxy) is 3. The summed E-state index contributed by atoms with van der Waals surface area (Å²) in [5.74, 6) is 0.308. The summed E-state index contributed by atoms with van der Waals surface area (Å²) in [5.41, 5.74) is 4.70. The fourth-order valence-electron chi connectivity index (χ4n) is 6.92. The number of nitrogens with zero attached hydrogens (tertiary/aromatic N) is 2. The van der Waals surface area contributed by atoms with Crippen molar-refractivity contribution >= 4 is 40.3 Å².